The summed E-state index contributed by atoms with van der Waals surface area (Å²) in [5, 5.41) is 10.0. The van der Waals surface area contributed by atoms with Crippen LogP contribution in [-0.4, -0.2) is 4.98 Å². The summed E-state index contributed by atoms with van der Waals surface area (Å²) in [6.07, 6.45) is 0. The van der Waals surface area contributed by atoms with Crippen LogP contribution < -0.4 is 9.64 Å². The molecule has 0 saturated heterocycles. The first-order valence-electron chi connectivity index (χ1n) is 7.83. The fourth-order valence-corrected chi connectivity index (χ4v) is 2.98. The van der Waals surface area contributed by atoms with Crippen molar-refractivity contribution >= 4 is 17.5 Å². The van der Waals surface area contributed by atoms with Gasteiger partial charge >= 0.3 is 0 Å². The van der Waals surface area contributed by atoms with Crippen molar-refractivity contribution < 1.29 is 9.15 Å². The Kier molecular flexibility index (Phi) is 4.04. The van der Waals surface area contributed by atoms with Gasteiger partial charge in [0.05, 0.1) is 0 Å². The lowest BCUT2D eigenvalue weighted by Crippen LogP contribution is -2.14. The van der Waals surface area contributed by atoms with Gasteiger partial charge in [0.1, 0.15) is 11.8 Å². The van der Waals surface area contributed by atoms with Crippen molar-refractivity contribution in [2.45, 2.75) is 19.7 Å². The van der Waals surface area contributed by atoms with Crippen molar-refractivity contribution in [1.82, 2.24) is 4.98 Å². The highest BCUT2D eigenvalue weighted by Crippen LogP contribution is 2.31. The number of oxazole rings is 1. The molecule has 0 bridgehead atoms. The van der Waals surface area contributed by atoms with E-state index in [0.717, 1.165) is 0 Å². The number of anilines is 1. The molecule has 0 unspecified atom stereocenters. The molecule has 0 N–H and O–H groups in total. The summed E-state index contributed by atoms with van der Waals surface area (Å²) in [4.78, 5) is 6.26. The number of hydrogen-bond acceptors (Lipinski definition) is 5. The lowest BCUT2D eigenvalue weighted by atomic mass is 10.1. The summed E-state index contributed by atoms with van der Waals surface area (Å²) < 4.78 is 11.4. The largest absolute Gasteiger partial charge is 0.484 e. The number of fused-ring (bicyclic) bond motifs is 1. The van der Waals surface area contributed by atoms with Gasteiger partial charge in [-0.2, -0.15) is 10.2 Å². The molecule has 2 aromatic carbocycles. The maximum absolute atomic E-state index is 9.37. The van der Waals surface area contributed by atoms with Crippen LogP contribution in [-0.2, 0) is 19.7 Å². The van der Waals surface area contributed by atoms with E-state index < -0.39 is 0 Å². The first-order chi connectivity index (χ1) is 12.2. The lowest BCUT2D eigenvalue weighted by Gasteiger charge is -2.13. The Hall–Kier alpha value is -2.97. The average Bonchev–Trinajstić information content (AvgIpc) is 3.24. The van der Waals surface area contributed by atoms with Crippen molar-refractivity contribution in [3.8, 4) is 11.8 Å². The van der Waals surface area contributed by atoms with E-state index in [1.807, 2.05) is 17.0 Å². The minimum absolute atomic E-state index is 0.150. The molecule has 1 aliphatic heterocycles. The van der Waals surface area contributed by atoms with Crippen LogP contribution in [0.3, 0.4) is 0 Å². The lowest BCUT2D eigenvalue weighted by molar-refractivity contribution is 0.263. The van der Waals surface area contributed by atoms with E-state index in [2.05, 4.69) is 23.2 Å². The van der Waals surface area contributed by atoms with Crippen LogP contribution in [0.25, 0.3) is 0 Å². The van der Waals surface area contributed by atoms with Gasteiger partial charge in [-0.15, -0.1) is 0 Å². The molecule has 0 atom stereocenters. The third-order valence-electron chi connectivity index (χ3n) is 4.06. The second kappa shape index (κ2) is 6.50. The molecule has 1 aromatic heterocycles. The Morgan fingerprint density at radius 3 is 2.44 bits per heavy atom. The first-order valence-corrected chi connectivity index (χ1v) is 8.20. The van der Waals surface area contributed by atoms with Crippen molar-refractivity contribution in [3.63, 3.8) is 0 Å². The third kappa shape index (κ3) is 3.17. The number of halogens is 1. The number of hydrogen-bond donors (Lipinski definition) is 0. The van der Waals surface area contributed by atoms with Gasteiger partial charge in [0.25, 0.3) is 0 Å². The van der Waals surface area contributed by atoms with E-state index in [-0.39, 0.29) is 12.3 Å². The quantitative estimate of drug-likeness (QED) is 0.701. The van der Waals surface area contributed by atoms with E-state index in [4.69, 9.17) is 20.8 Å². The van der Waals surface area contributed by atoms with Crippen molar-refractivity contribution in [1.29, 1.82) is 5.26 Å². The third-order valence-corrected chi connectivity index (χ3v) is 4.32. The van der Waals surface area contributed by atoms with Crippen LogP contribution in [0.1, 0.15) is 22.7 Å². The molecule has 5 nitrogen and oxygen atoms in total. The Morgan fingerprint density at radius 1 is 1.12 bits per heavy atom. The zero-order valence-electron chi connectivity index (χ0n) is 13.3. The molecule has 0 radical (unpaired) electrons. The standard InChI is InChI=1S/C19H14ClN3O2/c20-15-5-7-16(8-6-15)24-12-18-22-17(9-21)19(25-18)23-10-13-3-1-2-4-14(13)11-23/h1-8H,10-12H2. The van der Waals surface area contributed by atoms with Crippen LogP contribution >= 0.6 is 11.6 Å². The maximum atomic E-state index is 9.37. The summed E-state index contributed by atoms with van der Waals surface area (Å²) in [6, 6.07) is 17.3. The second-order valence-electron chi connectivity index (χ2n) is 5.74. The number of aromatic nitrogens is 1. The Bertz CT molecular complexity index is 919. The Balaban J connectivity index is 1.51. The minimum Gasteiger partial charge on any atom is -0.484 e. The zero-order chi connectivity index (χ0) is 17.2. The van der Waals surface area contributed by atoms with Gasteiger partial charge in [0.15, 0.2) is 6.61 Å². The molecular weight excluding hydrogens is 338 g/mol. The molecule has 3 aromatic rings. The van der Waals surface area contributed by atoms with Gasteiger partial charge in [0, 0.05) is 18.1 Å². The minimum atomic E-state index is 0.150. The monoisotopic (exact) mass is 351 g/mol. The zero-order valence-corrected chi connectivity index (χ0v) is 14.0. The molecule has 4 rings (SSSR count). The first kappa shape index (κ1) is 15.6. The van der Waals surface area contributed by atoms with Gasteiger partial charge in [-0.05, 0) is 35.4 Å². The van der Waals surface area contributed by atoms with Crippen LogP contribution in [0, 0.1) is 11.3 Å². The maximum Gasteiger partial charge on any atom is 0.236 e. The second-order valence-corrected chi connectivity index (χ2v) is 6.18. The Labute approximate surface area is 150 Å². The van der Waals surface area contributed by atoms with Crippen LogP contribution in [0.15, 0.2) is 52.9 Å². The highest BCUT2D eigenvalue weighted by Gasteiger charge is 2.25. The van der Waals surface area contributed by atoms with Gasteiger partial charge in [-0.1, -0.05) is 35.9 Å². The Morgan fingerprint density at radius 2 is 1.80 bits per heavy atom. The fourth-order valence-electron chi connectivity index (χ4n) is 2.86. The van der Waals surface area contributed by atoms with Crippen molar-refractivity contribution in [2.24, 2.45) is 0 Å². The van der Waals surface area contributed by atoms with Crippen LogP contribution in [0.5, 0.6) is 5.75 Å². The molecular formula is C19H14ClN3O2. The van der Waals surface area contributed by atoms with Gasteiger partial charge in [-0.3, -0.25) is 0 Å². The van der Waals surface area contributed by atoms with E-state index >= 15 is 0 Å². The molecule has 6 heteroatoms. The normalized spacial score (nSPS) is 12.7. The van der Waals surface area contributed by atoms with E-state index in [1.54, 1.807) is 24.3 Å². The number of ether oxygens (including phenoxy) is 1. The summed E-state index contributed by atoms with van der Waals surface area (Å²) in [6.45, 7) is 1.56. The number of nitrogens with zero attached hydrogens (tertiary/aromatic N) is 3. The van der Waals surface area contributed by atoms with Crippen molar-refractivity contribution in [2.75, 3.05) is 4.90 Å². The molecule has 0 spiro atoms. The van der Waals surface area contributed by atoms with E-state index in [9.17, 15) is 5.26 Å². The predicted octanol–water partition coefficient (Wildman–Crippen LogP) is 4.30. The summed E-state index contributed by atoms with van der Waals surface area (Å²) in [5.41, 5.74) is 2.76. The fraction of sp³-hybridized carbons (Fsp3) is 0.158. The summed E-state index contributed by atoms with van der Waals surface area (Å²) in [5.74, 6) is 1.53. The predicted molar refractivity (Wildman–Crippen MR) is 93.3 cm³/mol. The average molecular weight is 352 g/mol. The van der Waals surface area contributed by atoms with Gasteiger partial charge < -0.3 is 14.1 Å². The highest BCUT2D eigenvalue weighted by molar-refractivity contribution is 6.30. The molecule has 2 heterocycles. The molecule has 124 valence electrons. The number of rotatable bonds is 4. The molecule has 0 fully saturated rings. The topological polar surface area (TPSA) is 62.3 Å². The van der Waals surface area contributed by atoms with Crippen LogP contribution in [0.2, 0.25) is 5.02 Å². The van der Waals surface area contributed by atoms with E-state index in [0.29, 0.717) is 35.6 Å². The summed E-state index contributed by atoms with van der Waals surface area (Å²) >= 11 is 5.85. The number of benzene rings is 2. The van der Waals surface area contributed by atoms with E-state index in [1.165, 1.54) is 11.1 Å². The van der Waals surface area contributed by atoms with Crippen molar-refractivity contribution in [3.05, 3.63) is 76.3 Å². The van der Waals surface area contributed by atoms with Gasteiger partial charge in [0.2, 0.25) is 17.5 Å². The smallest absolute Gasteiger partial charge is 0.236 e. The molecule has 0 aliphatic carbocycles. The molecule has 25 heavy (non-hydrogen) atoms. The number of nitriles is 1. The highest BCUT2D eigenvalue weighted by atomic mass is 35.5. The summed E-state index contributed by atoms with van der Waals surface area (Å²) in [7, 11) is 0. The molecule has 0 amide bonds. The van der Waals surface area contributed by atoms with Crippen LogP contribution in [0.4, 0.5) is 5.88 Å². The van der Waals surface area contributed by atoms with Gasteiger partial charge in [-0.25, -0.2) is 0 Å². The molecule has 1 aliphatic rings. The molecule has 0 saturated carbocycles. The SMILES string of the molecule is N#Cc1nc(COc2ccc(Cl)cc2)oc1N1Cc2ccccc2C1.